The molecule has 1 amide bonds. The zero-order chi connectivity index (χ0) is 16.2. The van der Waals surface area contributed by atoms with Crippen molar-refractivity contribution < 1.29 is 9.21 Å². The highest BCUT2D eigenvalue weighted by Gasteiger charge is 2.23. The van der Waals surface area contributed by atoms with Gasteiger partial charge >= 0.3 is 0 Å². The summed E-state index contributed by atoms with van der Waals surface area (Å²) in [5, 5.41) is 0. The molecule has 6 nitrogen and oxygen atoms in total. The molecule has 3 heterocycles. The second-order valence-electron chi connectivity index (χ2n) is 5.50. The van der Waals surface area contributed by atoms with Crippen LogP contribution in [0.1, 0.15) is 41.7 Å². The second kappa shape index (κ2) is 6.64. The molecule has 0 aliphatic heterocycles. The van der Waals surface area contributed by atoms with E-state index in [1.54, 1.807) is 22.9 Å². The Kier molecular flexibility index (Phi) is 4.41. The van der Waals surface area contributed by atoms with Crippen LogP contribution in [0.4, 0.5) is 0 Å². The van der Waals surface area contributed by atoms with Gasteiger partial charge in [0, 0.05) is 18.9 Å². The predicted molar refractivity (Wildman–Crippen MR) is 86.1 cm³/mol. The molecule has 0 aliphatic rings. The van der Waals surface area contributed by atoms with Crippen LogP contribution in [0.2, 0.25) is 0 Å². The van der Waals surface area contributed by atoms with Crippen molar-refractivity contribution in [3.05, 3.63) is 54.0 Å². The lowest BCUT2D eigenvalue weighted by Crippen LogP contribution is -2.32. The maximum absolute atomic E-state index is 13.1. The van der Waals surface area contributed by atoms with E-state index in [1.165, 1.54) is 0 Å². The van der Waals surface area contributed by atoms with Gasteiger partial charge in [0.15, 0.2) is 0 Å². The summed E-state index contributed by atoms with van der Waals surface area (Å²) in [7, 11) is 0. The SMILES string of the molecule is CCCCN(Cc1ccco1)C(=O)c1c(C)nc2ncccn12. The number of carbonyl (C=O) groups excluding carboxylic acids is 1. The lowest BCUT2D eigenvalue weighted by Gasteiger charge is -2.21. The van der Waals surface area contributed by atoms with Crippen LogP contribution in [0.15, 0.2) is 41.3 Å². The first-order chi connectivity index (χ1) is 11.2. The van der Waals surface area contributed by atoms with Crippen LogP contribution < -0.4 is 0 Å². The molecule has 0 N–H and O–H groups in total. The highest BCUT2D eigenvalue weighted by molar-refractivity contribution is 5.94. The third kappa shape index (κ3) is 3.11. The molecule has 3 aromatic heterocycles. The second-order valence-corrected chi connectivity index (χ2v) is 5.50. The Labute approximate surface area is 134 Å². The summed E-state index contributed by atoms with van der Waals surface area (Å²) in [4.78, 5) is 23.5. The molecular weight excluding hydrogens is 292 g/mol. The number of aryl methyl sites for hydroxylation is 1. The highest BCUT2D eigenvalue weighted by Crippen LogP contribution is 2.16. The largest absolute Gasteiger partial charge is 0.467 e. The molecule has 0 fully saturated rings. The van der Waals surface area contributed by atoms with Gasteiger partial charge < -0.3 is 9.32 Å². The molecule has 0 saturated carbocycles. The van der Waals surface area contributed by atoms with Crippen molar-refractivity contribution in [1.29, 1.82) is 0 Å². The monoisotopic (exact) mass is 312 g/mol. The summed E-state index contributed by atoms with van der Waals surface area (Å²) in [5.41, 5.74) is 1.26. The van der Waals surface area contributed by atoms with Crippen molar-refractivity contribution in [2.45, 2.75) is 33.2 Å². The Morgan fingerprint density at radius 3 is 3.00 bits per heavy atom. The van der Waals surface area contributed by atoms with Gasteiger partial charge in [0.25, 0.3) is 5.91 Å². The van der Waals surface area contributed by atoms with Gasteiger partial charge in [-0.3, -0.25) is 9.20 Å². The van der Waals surface area contributed by atoms with Gasteiger partial charge in [-0.2, -0.15) is 0 Å². The van der Waals surface area contributed by atoms with Crippen LogP contribution in [0.5, 0.6) is 0 Å². The quantitative estimate of drug-likeness (QED) is 0.701. The summed E-state index contributed by atoms with van der Waals surface area (Å²) in [6.45, 7) is 5.09. The number of fused-ring (bicyclic) bond motifs is 1. The maximum Gasteiger partial charge on any atom is 0.273 e. The molecule has 6 heteroatoms. The zero-order valence-electron chi connectivity index (χ0n) is 13.4. The Hall–Kier alpha value is -2.63. The lowest BCUT2D eigenvalue weighted by molar-refractivity contribution is 0.0721. The van der Waals surface area contributed by atoms with Crippen LogP contribution in [0, 0.1) is 6.92 Å². The number of amides is 1. The van der Waals surface area contributed by atoms with E-state index in [4.69, 9.17) is 4.42 Å². The molecule has 0 aromatic carbocycles. The van der Waals surface area contributed by atoms with Crippen molar-refractivity contribution in [2.24, 2.45) is 0 Å². The number of unbranched alkanes of at least 4 members (excludes halogenated alkanes) is 1. The molecule has 0 atom stereocenters. The Balaban J connectivity index is 1.94. The number of rotatable bonds is 6. The molecule has 0 unspecified atom stereocenters. The number of hydrogen-bond donors (Lipinski definition) is 0. The number of hydrogen-bond acceptors (Lipinski definition) is 4. The molecule has 0 aliphatic carbocycles. The van der Waals surface area contributed by atoms with Gasteiger partial charge in [-0.15, -0.1) is 0 Å². The Morgan fingerprint density at radius 2 is 2.26 bits per heavy atom. The van der Waals surface area contributed by atoms with E-state index in [2.05, 4.69) is 16.9 Å². The number of imidazole rings is 1. The molecular formula is C17H20N4O2. The molecule has 0 bridgehead atoms. The van der Waals surface area contributed by atoms with Crippen molar-refractivity contribution in [3.8, 4) is 0 Å². The van der Waals surface area contributed by atoms with Gasteiger partial charge in [-0.05, 0) is 31.5 Å². The van der Waals surface area contributed by atoms with E-state index in [0.717, 1.165) is 18.6 Å². The normalized spacial score (nSPS) is 11.0. The minimum absolute atomic E-state index is 0.0483. The van der Waals surface area contributed by atoms with Crippen molar-refractivity contribution in [1.82, 2.24) is 19.3 Å². The Morgan fingerprint density at radius 1 is 1.39 bits per heavy atom. The van der Waals surface area contributed by atoms with Gasteiger partial charge in [0.2, 0.25) is 5.78 Å². The first-order valence-electron chi connectivity index (χ1n) is 7.82. The van der Waals surface area contributed by atoms with E-state index in [0.29, 0.717) is 30.3 Å². The van der Waals surface area contributed by atoms with Gasteiger partial charge in [-0.1, -0.05) is 13.3 Å². The highest BCUT2D eigenvalue weighted by atomic mass is 16.3. The number of aromatic nitrogens is 3. The zero-order valence-corrected chi connectivity index (χ0v) is 13.4. The molecule has 0 spiro atoms. The number of furan rings is 1. The molecule has 3 aromatic rings. The average Bonchev–Trinajstić information content (AvgIpc) is 3.17. The fourth-order valence-electron chi connectivity index (χ4n) is 2.60. The van der Waals surface area contributed by atoms with Gasteiger partial charge in [0.05, 0.1) is 18.5 Å². The summed E-state index contributed by atoms with van der Waals surface area (Å²) in [6, 6.07) is 5.52. The maximum atomic E-state index is 13.1. The third-order valence-electron chi connectivity index (χ3n) is 3.78. The molecule has 0 radical (unpaired) electrons. The van der Waals surface area contributed by atoms with Crippen molar-refractivity contribution >= 4 is 11.7 Å². The van der Waals surface area contributed by atoms with Crippen LogP contribution in [0.25, 0.3) is 5.78 Å². The fraction of sp³-hybridized carbons (Fsp3) is 0.353. The van der Waals surface area contributed by atoms with E-state index in [1.807, 2.05) is 30.2 Å². The van der Waals surface area contributed by atoms with Crippen LogP contribution in [-0.4, -0.2) is 31.7 Å². The average molecular weight is 312 g/mol. The van der Waals surface area contributed by atoms with Crippen LogP contribution in [0.3, 0.4) is 0 Å². The van der Waals surface area contributed by atoms with E-state index >= 15 is 0 Å². The molecule has 23 heavy (non-hydrogen) atoms. The number of nitrogens with zero attached hydrogens (tertiary/aromatic N) is 4. The van der Waals surface area contributed by atoms with Crippen LogP contribution >= 0.6 is 0 Å². The minimum Gasteiger partial charge on any atom is -0.467 e. The summed E-state index contributed by atoms with van der Waals surface area (Å²) in [5.74, 6) is 1.27. The molecule has 3 rings (SSSR count). The topological polar surface area (TPSA) is 63.6 Å². The smallest absolute Gasteiger partial charge is 0.273 e. The predicted octanol–water partition coefficient (Wildman–Crippen LogP) is 3.07. The van der Waals surface area contributed by atoms with Crippen molar-refractivity contribution in [3.63, 3.8) is 0 Å². The standard InChI is InChI=1S/C17H20N4O2/c1-3-4-9-20(12-14-7-5-11-23-14)16(22)15-13(2)19-17-18-8-6-10-21(15)17/h5-8,10-11H,3-4,9,12H2,1-2H3. The molecule has 0 saturated heterocycles. The molecule has 120 valence electrons. The summed E-state index contributed by atoms with van der Waals surface area (Å²) < 4.78 is 7.15. The first kappa shape index (κ1) is 15.3. The Bertz CT molecular complexity index is 792. The van der Waals surface area contributed by atoms with E-state index in [-0.39, 0.29) is 5.91 Å². The summed E-state index contributed by atoms with van der Waals surface area (Å²) in [6.07, 6.45) is 7.09. The van der Waals surface area contributed by atoms with E-state index < -0.39 is 0 Å². The van der Waals surface area contributed by atoms with Gasteiger partial charge in [0.1, 0.15) is 11.5 Å². The summed E-state index contributed by atoms with van der Waals surface area (Å²) >= 11 is 0. The van der Waals surface area contributed by atoms with E-state index in [9.17, 15) is 4.79 Å². The van der Waals surface area contributed by atoms with Gasteiger partial charge in [-0.25, -0.2) is 9.97 Å². The van der Waals surface area contributed by atoms with Crippen LogP contribution in [-0.2, 0) is 6.54 Å². The lowest BCUT2D eigenvalue weighted by atomic mass is 10.2. The fourth-order valence-corrected chi connectivity index (χ4v) is 2.60. The first-order valence-corrected chi connectivity index (χ1v) is 7.82. The van der Waals surface area contributed by atoms with Crippen molar-refractivity contribution in [2.75, 3.05) is 6.54 Å². The third-order valence-corrected chi connectivity index (χ3v) is 3.78. The minimum atomic E-state index is -0.0483. The number of carbonyl (C=O) groups is 1.